The van der Waals surface area contributed by atoms with Gasteiger partial charge in [0.05, 0.1) is 36.5 Å². The monoisotopic (exact) mass is 820 g/mol. The SMILES string of the molecule is CCCCCCCCCCCCCCCCCCS(=O)(=O)NCC(=O)[O-].CCCCCCCCCCCCCCCCCCS(=O)(=O)NCC(=O)[O-].[Ca+2]. The number of carboxylic acid groups (broad SMARTS) is 2. The first-order valence-corrected chi connectivity index (χ1v) is 24.6. The van der Waals surface area contributed by atoms with E-state index in [0.29, 0.717) is 12.8 Å². The fraction of sp³-hybridized carbons (Fsp3) is 0.950. The maximum absolute atomic E-state index is 11.5. The molecular weight excluding hydrogens is 741 g/mol. The first kappa shape index (κ1) is 57.3. The van der Waals surface area contributed by atoms with Crippen LogP contribution in [0.2, 0.25) is 0 Å². The second kappa shape index (κ2) is 43.1. The minimum Gasteiger partial charge on any atom is -0.549 e. The van der Waals surface area contributed by atoms with E-state index in [1.807, 2.05) is 9.44 Å². The molecule has 0 amide bonds. The third-order valence-electron chi connectivity index (χ3n) is 9.41. The Morgan fingerprint density at radius 3 is 0.698 bits per heavy atom. The molecule has 0 aromatic rings. The van der Waals surface area contributed by atoms with Crippen molar-refractivity contribution in [3.8, 4) is 0 Å². The van der Waals surface area contributed by atoms with Crippen LogP contribution in [0.1, 0.15) is 219 Å². The molecule has 0 rings (SSSR count). The Labute approximate surface area is 357 Å². The second-order valence-corrected chi connectivity index (χ2v) is 18.5. The van der Waals surface area contributed by atoms with Gasteiger partial charge in [0.15, 0.2) is 0 Å². The predicted octanol–water partition coefficient (Wildman–Crippen LogP) is 7.45. The normalized spacial score (nSPS) is 11.5. The van der Waals surface area contributed by atoms with Crippen molar-refractivity contribution in [1.82, 2.24) is 9.44 Å². The summed E-state index contributed by atoms with van der Waals surface area (Å²) in [5.74, 6) is -2.81. The van der Waals surface area contributed by atoms with Crippen LogP contribution in [0, 0.1) is 0 Å². The Morgan fingerprint density at radius 1 is 0.358 bits per heavy atom. The van der Waals surface area contributed by atoms with E-state index in [9.17, 15) is 36.6 Å². The van der Waals surface area contributed by atoms with E-state index >= 15 is 0 Å². The Balaban J connectivity index is -0.000000926. The van der Waals surface area contributed by atoms with E-state index < -0.39 is 45.1 Å². The average Bonchev–Trinajstić information content (AvgIpc) is 3.10. The molecule has 0 heterocycles. The molecule has 0 aromatic heterocycles. The fourth-order valence-corrected chi connectivity index (χ4v) is 8.29. The van der Waals surface area contributed by atoms with Gasteiger partial charge in [0, 0.05) is 0 Å². The maximum atomic E-state index is 11.5. The Kier molecular flexibility index (Phi) is 46.7. The number of hydrogen-bond acceptors (Lipinski definition) is 8. The summed E-state index contributed by atoms with van der Waals surface area (Å²) in [5.41, 5.74) is 0. The number of carboxylic acids is 2. The summed E-state index contributed by atoms with van der Waals surface area (Å²) < 4.78 is 50.0. The molecule has 0 fully saturated rings. The molecule has 53 heavy (non-hydrogen) atoms. The molecule has 13 heteroatoms. The summed E-state index contributed by atoms with van der Waals surface area (Å²) in [4.78, 5) is 20.5. The molecular formula is C40H80CaN2O8S2. The predicted molar refractivity (Wildman–Crippen MR) is 218 cm³/mol. The number of nitrogens with one attached hydrogen (secondary N) is 2. The molecule has 0 unspecified atom stereocenters. The molecule has 10 nitrogen and oxygen atoms in total. The van der Waals surface area contributed by atoms with Gasteiger partial charge in [0.25, 0.3) is 0 Å². The summed E-state index contributed by atoms with van der Waals surface area (Å²) >= 11 is 0. The first-order chi connectivity index (χ1) is 25.0. The molecule has 0 atom stereocenters. The number of carbonyl (C=O) groups is 2. The van der Waals surface area contributed by atoms with Crippen molar-refractivity contribution in [2.24, 2.45) is 0 Å². The molecule has 0 aliphatic rings. The molecule has 0 aliphatic carbocycles. The molecule has 0 saturated carbocycles. The Morgan fingerprint density at radius 2 is 0.528 bits per heavy atom. The molecule has 0 radical (unpaired) electrons. The van der Waals surface area contributed by atoms with E-state index in [2.05, 4.69) is 13.8 Å². The minimum absolute atomic E-state index is 0. The van der Waals surface area contributed by atoms with Crippen LogP contribution in [0.3, 0.4) is 0 Å². The van der Waals surface area contributed by atoms with Gasteiger partial charge in [-0.05, 0) is 12.8 Å². The fourth-order valence-electron chi connectivity index (χ4n) is 6.16. The van der Waals surface area contributed by atoms with Crippen LogP contribution in [0.4, 0.5) is 0 Å². The summed E-state index contributed by atoms with van der Waals surface area (Å²) in [6.45, 7) is 3.23. The third kappa shape index (κ3) is 52.0. The van der Waals surface area contributed by atoms with Crippen molar-refractivity contribution in [1.29, 1.82) is 0 Å². The molecule has 2 N–H and O–H groups in total. The number of sulfonamides is 2. The van der Waals surface area contributed by atoms with Crippen LogP contribution in [0.15, 0.2) is 0 Å². The molecule has 0 bridgehead atoms. The number of rotatable bonds is 40. The number of carbonyl (C=O) groups excluding carboxylic acids is 2. The average molecular weight is 821 g/mol. The van der Waals surface area contributed by atoms with E-state index in [0.717, 1.165) is 38.5 Å². The van der Waals surface area contributed by atoms with Crippen LogP contribution in [0.5, 0.6) is 0 Å². The van der Waals surface area contributed by atoms with Crippen LogP contribution >= 0.6 is 0 Å². The van der Waals surface area contributed by atoms with Crippen molar-refractivity contribution in [2.45, 2.75) is 219 Å². The molecule has 312 valence electrons. The van der Waals surface area contributed by atoms with Crippen LogP contribution in [0.25, 0.3) is 0 Å². The van der Waals surface area contributed by atoms with Crippen molar-refractivity contribution >= 4 is 69.7 Å². The van der Waals surface area contributed by atoms with E-state index in [1.54, 1.807) is 0 Å². The van der Waals surface area contributed by atoms with Crippen LogP contribution < -0.4 is 19.7 Å². The van der Waals surface area contributed by atoms with Crippen molar-refractivity contribution in [2.75, 3.05) is 24.6 Å². The van der Waals surface area contributed by atoms with Gasteiger partial charge >= 0.3 is 37.7 Å². The van der Waals surface area contributed by atoms with Gasteiger partial charge in [0.1, 0.15) is 0 Å². The number of hydrogen-bond donors (Lipinski definition) is 2. The molecule has 0 saturated heterocycles. The zero-order valence-corrected chi connectivity index (χ0v) is 38.1. The zero-order valence-electron chi connectivity index (χ0n) is 34.2. The van der Waals surface area contributed by atoms with Gasteiger partial charge in [-0.2, -0.15) is 0 Å². The minimum atomic E-state index is -3.47. The van der Waals surface area contributed by atoms with Gasteiger partial charge in [-0.1, -0.05) is 206 Å². The van der Waals surface area contributed by atoms with Gasteiger partial charge < -0.3 is 19.8 Å². The van der Waals surface area contributed by atoms with Gasteiger partial charge in [0.2, 0.25) is 20.0 Å². The van der Waals surface area contributed by atoms with E-state index in [4.69, 9.17) is 0 Å². The summed E-state index contributed by atoms with van der Waals surface area (Å²) in [5, 5.41) is 20.5. The summed E-state index contributed by atoms with van der Waals surface area (Å²) in [6.07, 6.45) is 39.8. The van der Waals surface area contributed by atoms with Gasteiger partial charge in [-0.3, -0.25) is 0 Å². The van der Waals surface area contributed by atoms with E-state index in [1.165, 1.54) is 154 Å². The largest absolute Gasteiger partial charge is 2.00 e. The molecule has 0 aromatic carbocycles. The molecule has 0 aliphatic heterocycles. The van der Waals surface area contributed by atoms with Crippen molar-refractivity contribution in [3.63, 3.8) is 0 Å². The van der Waals surface area contributed by atoms with Crippen molar-refractivity contribution < 1.29 is 36.6 Å². The van der Waals surface area contributed by atoms with Crippen LogP contribution in [-0.2, 0) is 29.6 Å². The summed E-state index contributed by atoms with van der Waals surface area (Å²) in [6, 6.07) is 0. The third-order valence-corrected chi connectivity index (χ3v) is 12.2. The van der Waals surface area contributed by atoms with Gasteiger partial charge in [-0.15, -0.1) is 0 Å². The Hall–Kier alpha value is 0.0197. The quantitative estimate of drug-likeness (QED) is 0.0474. The van der Waals surface area contributed by atoms with Gasteiger partial charge in [-0.25, -0.2) is 26.3 Å². The van der Waals surface area contributed by atoms with E-state index in [-0.39, 0.29) is 49.2 Å². The second-order valence-electron chi connectivity index (χ2n) is 14.6. The maximum Gasteiger partial charge on any atom is 2.00 e. The van der Waals surface area contributed by atoms with Crippen LogP contribution in [-0.4, -0.2) is 91.1 Å². The Bertz CT molecular complexity index is 934. The number of unbranched alkanes of at least 4 members (excludes halogenated alkanes) is 30. The molecule has 0 spiro atoms. The zero-order chi connectivity index (χ0) is 39.0. The topological polar surface area (TPSA) is 173 Å². The first-order valence-electron chi connectivity index (χ1n) is 21.3. The number of aliphatic carboxylic acids is 2. The summed E-state index contributed by atoms with van der Waals surface area (Å²) in [7, 11) is -6.93. The smallest absolute Gasteiger partial charge is 0.549 e. The van der Waals surface area contributed by atoms with Crippen molar-refractivity contribution in [3.05, 3.63) is 0 Å². The standard InChI is InChI=1S/2C20H41NO4S.Ca/c2*1-2-3-4-5-6-7-8-9-10-11-12-13-14-15-16-17-18-26(24,25)21-19-20(22)23;/h2*21H,2-19H2,1H3,(H,22,23);/q;;+2/p-2.